The molecule has 0 aromatic heterocycles. The molecule has 0 saturated carbocycles. The van der Waals surface area contributed by atoms with Crippen LogP contribution in [0.5, 0.6) is 0 Å². The number of nitrogens with one attached hydrogen (secondary N) is 1. The second kappa shape index (κ2) is 10.4. The molecule has 4 heteroatoms. The number of benzene rings is 1. The minimum absolute atomic E-state index is 0.670. The number of nitriles is 1. The lowest BCUT2D eigenvalue weighted by molar-refractivity contribution is 0.455. The highest BCUT2D eigenvalue weighted by molar-refractivity contribution is 5.79. The molecule has 0 unspecified atom stereocenters. The summed E-state index contributed by atoms with van der Waals surface area (Å²) in [6.07, 6.45) is 6.61. The van der Waals surface area contributed by atoms with Crippen molar-refractivity contribution in [2.24, 2.45) is 4.99 Å². The molecule has 118 valence electrons. The fraction of sp³-hybridized carbons (Fsp3) is 0.444. The van der Waals surface area contributed by atoms with E-state index in [0.29, 0.717) is 12.1 Å². The van der Waals surface area contributed by atoms with Gasteiger partial charge in [0.2, 0.25) is 0 Å². The molecular weight excluding hydrogens is 272 g/mol. The number of unbranched alkanes of at least 4 members (excludes halogenated alkanes) is 3. The first-order valence-electron chi connectivity index (χ1n) is 7.73. The number of nitrogens with zero attached hydrogens (tertiary/aromatic N) is 3. The van der Waals surface area contributed by atoms with Gasteiger partial charge in [-0.25, -0.2) is 0 Å². The largest absolute Gasteiger partial charge is 0.352 e. The minimum Gasteiger partial charge on any atom is -0.352 e. The third-order valence-corrected chi connectivity index (χ3v) is 3.48. The van der Waals surface area contributed by atoms with E-state index in [4.69, 9.17) is 5.26 Å². The normalized spacial score (nSPS) is 10.9. The van der Waals surface area contributed by atoms with Crippen LogP contribution in [0.4, 0.5) is 0 Å². The Kier molecular flexibility index (Phi) is 8.44. The molecule has 0 aliphatic rings. The lowest BCUT2D eigenvalue weighted by atomic mass is 10.1. The van der Waals surface area contributed by atoms with E-state index >= 15 is 0 Å². The summed E-state index contributed by atoms with van der Waals surface area (Å²) in [6.45, 7) is 5.39. The van der Waals surface area contributed by atoms with Gasteiger partial charge in [0.15, 0.2) is 5.96 Å². The van der Waals surface area contributed by atoms with Crippen molar-refractivity contribution in [2.75, 3.05) is 20.6 Å². The second-order valence-electron chi connectivity index (χ2n) is 5.27. The van der Waals surface area contributed by atoms with Crippen LogP contribution in [0.2, 0.25) is 0 Å². The van der Waals surface area contributed by atoms with Crippen LogP contribution in [0.1, 0.15) is 36.8 Å². The van der Waals surface area contributed by atoms with Crippen molar-refractivity contribution in [2.45, 2.75) is 32.2 Å². The summed E-state index contributed by atoms with van der Waals surface area (Å²) in [5.41, 5.74) is 1.77. The van der Waals surface area contributed by atoms with Gasteiger partial charge in [0.05, 0.1) is 11.6 Å². The van der Waals surface area contributed by atoms with Crippen LogP contribution in [0.3, 0.4) is 0 Å². The Hall–Kier alpha value is -2.28. The Morgan fingerprint density at radius 1 is 1.41 bits per heavy atom. The van der Waals surface area contributed by atoms with E-state index < -0.39 is 0 Å². The number of guanidine groups is 1. The maximum absolute atomic E-state index is 8.92. The van der Waals surface area contributed by atoms with Gasteiger partial charge in [-0.1, -0.05) is 24.6 Å². The Bertz CT molecular complexity index is 528. The summed E-state index contributed by atoms with van der Waals surface area (Å²) in [5, 5.41) is 12.3. The summed E-state index contributed by atoms with van der Waals surface area (Å²) in [6, 6.07) is 9.79. The third-order valence-electron chi connectivity index (χ3n) is 3.48. The van der Waals surface area contributed by atoms with Gasteiger partial charge in [0.25, 0.3) is 0 Å². The topological polar surface area (TPSA) is 51.4 Å². The zero-order chi connectivity index (χ0) is 16.2. The molecule has 0 bridgehead atoms. The van der Waals surface area contributed by atoms with Crippen LogP contribution >= 0.6 is 0 Å². The number of hydrogen-bond acceptors (Lipinski definition) is 2. The van der Waals surface area contributed by atoms with Crippen molar-refractivity contribution >= 4 is 5.96 Å². The second-order valence-corrected chi connectivity index (χ2v) is 5.27. The highest BCUT2D eigenvalue weighted by Crippen LogP contribution is 2.05. The number of rotatable bonds is 8. The highest BCUT2D eigenvalue weighted by Gasteiger charge is 2.05. The van der Waals surface area contributed by atoms with Crippen molar-refractivity contribution in [3.8, 4) is 6.07 Å². The van der Waals surface area contributed by atoms with E-state index in [1.165, 1.54) is 12.8 Å². The van der Waals surface area contributed by atoms with Gasteiger partial charge in [0, 0.05) is 27.2 Å². The van der Waals surface area contributed by atoms with E-state index in [1.807, 2.05) is 30.3 Å². The molecule has 1 aromatic carbocycles. The minimum atomic E-state index is 0.670. The first-order valence-corrected chi connectivity index (χ1v) is 7.73. The lowest BCUT2D eigenvalue weighted by Crippen LogP contribution is -2.39. The summed E-state index contributed by atoms with van der Waals surface area (Å²) >= 11 is 0. The fourth-order valence-corrected chi connectivity index (χ4v) is 2.24. The average Bonchev–Trinajstić information content (AvgIpc) is 2.55. The first kappa shape index (κ1) is 17.8. The van der Waals surface area contributed by atoms with Gasteiger partial charge in [-0.05, 0) is 37.0 Å². The van der Waals surface area contributed by atoms with E-state index in [1.54, 1.807) is 7.05 Å². The Morgan fingerprint density at radius 3 is 2.91 bits per heavy atom. The molecule has 0 amide bonds. The van der Waals surface area contributed by atoms with Gasteiger partial charge in [-0.2, -0.15) is 5.26 Å². The Labute approximate surface area is 134 Å². The van der Waals surface area contributed by atoms with Gasteiger partial charge < -0.3 is 10.2 Å². The molecule has 4 nitrogen and oxygen atoms in total. The van der Waals surface area contributed by atoms with Crippen LogP contribution in [-0.4, -0.2) is 31.5 Å². The molecule has 0 heterocycles. The van der Waals surface area contributed by atoms with E-state index in [2.05, 4.69) is 34.9 Å². The van der Waals surface area contributed by atoms with E-state index in [0.717, 1.165) is 30.9 Å². The smallest absolute Gasteiger partial charge is 0.193 e. The molecule has 0 radical (unpaired) electrons. The monoisotopic (exact) mass is 298 g/mol. The van der Waals surface area contributed by atoms with Crippen LogP contribution in [0.25, 0.3) is 0 Å². The van der Waals surface area contributed by atoms with Crippen molar-refractivity contribution in [1.82, 2.24) is 10.2 Å². The maximum atomic E-state index is 8.92. The molecule has 0 aliphatic heterocycles. The maximum Gasteiger partial charge on any atom is 0.193 e. The van der Waals surface area contributed by atoms with E-state index in [9.17, 15) is 0 Å². The summed E-state index contributed by atoms with van der Waals surface area (Å²) in [5.74, 6) is 0.881. The van der Waals surface area contributed by atoms with Crippen LogP contribution in [0.15, 0.2) is 41.9 Å². The van der Waals surface area contributed by atoms with Gasteiger partial charge in [-0.3, -0.25) is 4.99 Å². The van der Waals surface area contributed by atoms with Crippen LogP contribution in [-0.2, 0) is 6.54 Å². The molecule has 0 spiro atoms. The molecule has 0 fully saturated rings. The lowest BCUT2D eigenvalue weighted by Gasteiger charge is -2.22. The molecular formula is C18H26N4. The predicted molar refractivity (Wildman–Crippen MR) is 92.7 cm³/mol. The molecule has 0 aliphatic carbocycles. The van der Waals surface area contributed by atoms with Crippen molar-refractivity contribution in [3.05, 3.63) is 48.0 Å². The Morgan fingerprint density at radius 2 is 2.23 bits per heavy atom. The number of aliphatic imine (C=N–C) groups is 1. The quantitative estimate of drug-likeness (QED) is 0.347. The molecule has 0 saturated heterocycles. The molecule has 22 heavy (non-hydrogen) atoms. The van der Waals surface area contributed by atoms with Crippen LogP contribution < -0.4 is 5.32 Å². The predicted octanol–water partition coefficient (Wildman–Crippen LogP) is 3.31. The Balaban J connectivity index is 2.40. The molecule has 1 aromatic rings. The summed E-state index contributed by atoms with van der Waals surface area (Å²) in [7, 11) is 3.84. The third kappa shape index (κ3) is 6.45. The fourth-order valence-electron chi connectivity index (χ4n) is 2.24. The molecule has 0 atom stereocenters. The van der Waals surface area contributed by atoms with Crippen LogP contribution in [0, 0.1) is 11.3 Å². The van der Waals surface area contributed by atoms with Crippen molar-refractivity contribution < 1.29 is 0 Å². The number of hydrogen-bond donors (Lipinski definition) is 1. The highest BCUT2D eigenvalue weighted by atomic mass is 15.3. The molecule has 1 rings (SSSR count). The SMILES string of the molecule is C=CCCCCCN(C)C(=NC)NCc1cccc(C#N)c1. The zero-order valence-corrected chi connectivity index (χ0v) is 13.7. The van der Waals surface area contributed by atoms with Gasteiger partial charge in [-0.15, -0.1) is 6.58 Å². The van der Waals surface area contributed by atoms with E-state index in [-0.39, 0.29) is 0 Å². The van der Waals surface area contributed by atoms with Crippen molar-refractivity contribution in [3.63, 3.8) is 0 Å². The summed E-state index contributed by atoms with van der Waals surface area (Å²) in [4.78, 5) is 6.45. The standard InChI is InChI=1S/C18H26N4/c1-4-5-6-7-8-12-22(3)18(20-2)21-15-17-11-9-10-16(13-17)14-19/h4,9-11,13H,1,5-8,12,15H2,2-3H3,(H,20,21). The number of allylic oxidation sites excluding steroid dienone is 1. The van der Waals surface area contributed by atoms with Gasteiger partial charge in [0.1, 0.15) is 0 Å². The van der Waals surface area contributed by atoms with Crippen molar-refractivity contribution in [1.29, 1.82) is 5.26 Å². The zero-order valence-electron chi connectivity index (χ0n) is 13.7. The molecule has 1 N–H and O–H groups in total. The first-order chi connectivity index (χ1) is 10.7. The average molecular weight is 298 g/mol. The summed E-state index contributed by atoms with van der Waals surface area (Å²) < 4.78 is 0. The van der Waals surface area contributed by atoms with Gasteiger partial charge >= 0.3 is 0 Å².